The van der Waals surface area contributed by atoms with E-state index < -0.39 is 11.7 Å². The highest BCUT2D eigenvalue weighted by atomic mass is 35.5. The molecule has 32 heavy (non-hydrogen) atoms. The molecule has 0 aliphatic rings. The van der Waals surface area contributed by atoms with Crippen molar-refractivity contribution in [1.82, 2.24) is 9.55 Å². The standard InChI is InChI=1S/C23H17Cl2F3N2OS/c24-17-7-9-21(18(25)13-17)31-10-11-32-22-29-19-12-16(23(26,27)28)6-8-20(19)30(22)14-15-4-2-1-3-5-15/h1-9,12-13H,10-11,14H2. The second-order valence-electron chi connectivity index (χ2n) is 6.94. The van der Waals surface area contributed by atoms with Gasteiger partial charge < -0.3 is 9.30 Å². The molecule has 3 aromatic carbocycles. The summed E-state index contributed by atoms with van der Waals surface area (Å²) in [6.45, 7) is 0.837. The molecule has 0 radical (unpaired) electrons. The molecule has 166 valence electrons. The van der Waals surface area contributed by atoms with Crippen molar-refractivity contribution in [3.63, 3.8) is 0 Å². The van der Waals surface area contributed by atoms with Gasteiger partial charge in [0, 0.05) is 10.8 Å². The van der Waals surface area contributed by atoms with Gasteiger partial charge in [-0.15, -0.1) is 0 Å². The van der Waals surface area contributed by atoms with Crippen LogP contribution in [0.4, 0.5) is 13.2 Å². The van der Waals surface area contributed by atoms with Crippen molar-refractivity contribution < 1.29 is 17.9 Å². The van der Waals surface area contributed by atoms with Gasteiger partial charge >= 0.3 is 6.18 Å². The van der Waals surface area contributed by atoms with Crippen molar-refractivity contribution in [2.75, 3.05) is 12.4 Å². The van der Waals surface area contributed by atoms with Crippen LogP contribution in [-0.4, -0.2) is 21.9 Å². The van der Waals surface area contributed by atoms with Crippen molar-refractivity contribution >= 4 is 46.0 Å². The molecule has 0 spiro atoms. The summed E-state index contributed by atoms with van der Waals surface area (Å²) in [6.07, 6.45) is -4.42. The lowest BCUT2D eigenvalue weighted by Gasteiger charge is -2.11. The summed E-state index contributed by atoms with van der Waals surface area (Å²) in [5.41, 5.74) is 1.26. The largest absolute Gasteiger partial charge is 0.491 e. The van der Waals surface area contributed by atoms with Crippen LogP contribution in [0, 0.1) is 0 Å². The van der Waals surface area contributed by atoms with Gasteiger partial charge in [0.15, 0.2) is 5.16 Å². The lowest BCUT2D eigenvalue weighted by atomic mass is 10.2. The number of nitrogens with zero attached hydrogens (tertiary/aromatic N) is 2. The Labute approximate surface area is 197 Å². The average molecular weight is 497 g/mol. The summed E-state index contributed by atoms with van der Waals surface area (Å²) in [4.78, 5) is 4.48. The third-order valence-corrected chi connectivity index (χ3v) is 6.16. The third-order valence-electron chi connectivity index (χ3n) is 4.69. The fourth-order valence-electron chi connectivity index (χ4n) is 3.19. The summed E-state index contributed by atoms with van der Waals surface area (Å²) < 4.78 is 47.1. The minimum atomic E-state index is -4.42. The number of halogens is 5. The van der Waals surface area contributed by atoms with Gasteiger partial charge in [0.1, 0.15) is 5.75 Å². The van der Waals surface area contributed by atoms with E-state index in [-0.39, 0.29) is 0 Å². The van der Waals surface area contributed by atoms with E-state index in [4.69, 9.17) is 27.9 Å². The Bertz CT molecular complexity index is 1230. The fraction of sp³-hybridized carbons (Fsp3) is 0.174. The number of hydrogen-bond acceptors (Lipinski definition) is 3. The predicted molar refractivity (Wildman–Crippen MR) is 123 cm³/mol. The van der Waals surface area contributed by atoms with Gasteiger partial charge in [0.25, 0.3) is 0 Å². The molecule has 0 saturated heterocycles. The molecule has 4 aromatic rings. The van der Waals surface area contributed by atoms with E-state index >= 15 is 0 Å². The summed E-state index contributed by atoms with van der Waals surface area (Å²) in [6, 6.07) is 18.3. The lowest BCUT2D eigenvalue weighted by molar-refractivity contribution is -0.137. The molecule has 0 atom stereocenters. The molecule has 0 unspecified atom stereocenters. The van der Waals surface area contributed by atoms with E-state index in [1.807, 2.05) is 34.9 Å². The van der Waals surface area contributed by atoms with Crippen LogP contribution in [-0.2, 0) is 12.7 Å². The van der Waals surface area contributed by atoms with Crippen LogP contribution in [0.5, 0.6) is 5.75 Å². The van der Waals surface area contributed by atoms with Crippen LogP contribution in [0.2, 0.25) is 10.0 Å². The Morgan fingerprint density at radius 1 is 0.969 bits per heavy atom. The van der Waals surface area contributed by atoms with E-state index in [9.17, 15) is 13.2 Å². The van der Waals surface area contributed by atoms with E-state index in [0.29, 0.717) is 50.9 Å². The molecule has 0 bridgehead atoms. The average Bonchev–Trinajstić information content (AvgIpc) is 3.09. The van der Waals surface area contributed by atoms with Crippen LogP contribution in [0.3, 0.4) is 0 Å². The molecule has 0 N–H and O–H groups in total. The summed E-state index contributed by atoms with van der Waals surface area (Å²) >= 11 is 13.4. The zero-order valence-corrected chi connectivity index (χ0v) is 18.9. The van der Waals surface area contributed by atoms with Crippen molar-refractivity contribution in [3.05, 3.63) is 87.9 Å². The van der Waals surface area contributed by atoms with Gasteiger partial charge in [-0.05, 0) is 42.0 Å². The molecule has 0 saturated carbocycles. The Morgan fingerprint density at radius 2 is 1.75 bits per heavy atom. The van der Waals surface area contributed by atoms with E-state index in [2.05, 4.69) is 4.98 Å². The molecule has 3 nitrogen and oxygen atoms in total. The number of fused-ring (bicyclic) bond motifs is 1. The minimum Gasteiger partial charge on any atom is -0.491 e. The summed E-state index contributed by atoms with van der Waals surface area (Å²) in [5.74, 6) is 1.05. The van der Waals surface area contributed by atoms with Crippen LogP contribution >= 0.6 is 35.0 Å². The molecule has 1 aromatic heterocycles. The molecule has 4 rings (SSSR count). The van der Waals surface area contributed by atoms with E-state index in [1.165, 1.54) is 17.8 Å². The number of benzene rings is 3. The lowest BCUT2D eigenvalue weighted by Crippen LogP contribution is -2.05. The first-order chi connectivity index (χ1) is 15.3. The molecule has 9 heteroatoms. The zero-order valence-electron chi connectivity index (χ0n) is 16.6. The topological polar surface area (TPSA) is 27.1 Å². The molecular weight excluding hydrogens is 480 g/mol. The number of alkyl halides is 3. The summed E-state index contributed by atoms with van der Waals surface area (Å²) in [5, 5.41) is 1.55. The Kier molecular flexibility index (Phi) is 6.88. The maximum Gasteiger partial charge on any atom is 0.416 e. The van der Waals surface area contributed by atoms with Crippen LogP contribution < -0.4 is 4.74 Å². The SMILES string of the molecule is FC(F)(F)c1ccc2c(c1)nc(SCCOc1ccc(Cl)cc1Cl)n2Cc1ccccc1. The Morgan fingerprint density at radius 3 is 2.47 bits per heavy atom. The Hall–Kier alpha value is -2.35. The second-order valence-corrected chi connectivity index (χ2v) is 8.84. The van der Waals surface area contributed by atoms with Gasteiger partial charge in [0.2, 0.25) is 0 Å². The van der Waals surface area contributed by atoms with Gasteiger partial charge in [-0.3, -0.25) is 0 Å². The number of rotatable bonds is 7. The number of ether oxygens (including phenoxy) is 1. The van der Waals surface area contributed by atoms with E-state index in [0.717, 1.165) is 17.7 Å². The highest BCUT2D eigenvalue weighted by Crippen LogP contribution is 2.33. The van der Waals surface area contributed by atoms with Crippen molar-refractivity contribution in [1.29, 1.82) is 0 Å². The zero-order chi connectivity index (χ0) is 22.7. The predicted octanol–water partition coefficient (Wildman–Crippen LogP) is 7.58. The van der Waals surface area contributed by atoms with Crippen LogP contribution in [0.1, 0.15) is 11.1 Å². The maximum atomic E-state index is 13.2. The molecular formula is C23H17Cl2F3N2OS. The first-order valence-corrected chi connectivity index (χ1v) is 11.4. The highest BCUT2D eigenvalue weighted by molar-refractivity contribution is 7.99. The minimum absolute atomic E-state index is 0.305. The fourth-order valence-corrected chi connectivity index (χ4v) is 4.48. The van der Waals surface area contributed by atoms with Crippen LogP contribution in [0.15, 0.2) is 71.9 Å². The number of hydrogen-bond donors (Lipinski definition) is 0. The number of aromatic nitrogens is 2. The second kappa shape index (κ2) is 9.65. The molecule has 0 aliphatic carbocycles. The monoisotopic (exact) mass is 496 g/mol. The molecule has 0 fully saturated rings. The van der Waals surface area contributed by atoms with Gasteiger partial charge in [-0.2, -0.15) is 13.2 Å². The first-order valence-electron chi connectivity index (χ1n) is 9.63. The van der Waals surface area contributed by atoms with Crippen molar-refractivity contribution in [2.45, 2.75) is 17.9 Å². The Balaban J connectivity index is 1.56. The molecule has 0 aliphatic heterocycles. The summed E-state index contributed by atoms with van der Waals surface area (Å²) in [7, 11) is 0. The number of imidazole rings is 1. The number of thioether (sulfide) groups is 1. The highest BCUT2D eigenvalue weighted by Gasteiger charge is 2.31. The van der Waals surface area contributed by atoms with E-state index in [1.54, 1.807) is 18.2 Å². The van der Waals surface area contributed by atoms with Crippen LogP contribution in [0.25, 0.3) is 11.0 Å². The van der Waals surface area contributed by atoms with Crippen molar-refractivity contribution in [2.24, 2.45) is 0 Å². The molecule has 0 amide bonds. The van der Waals surface area contributed by atoms with Gasteiger partial charge in [-0.25, -0.2) is 4.98 Å². The third kappa shape index (κ3) is 5.34. The smallest absolute Gasteiger partial charge is 0.416 e. The first kappa shape index (κ1) is 22.8. The van der Waals surface area contributed by atoms with Gasteiger partial charge in [0.05, 0.1) is 34.8 Å². The maximum absolute atomic E-state index is 13.2. The molecule has 1 heterocycles. The normalized spacial score (nSPS) is 11.8. The quantitative estimate of drug-likeness (QED) is 0.195. The van der Waals surface area contributed by atoms with Crippen molar-refractivity contribution in [3.8, 4) is 5.75 Å². The van der Waals surface area contributed by atoms with Gasteiger partial charge in [-0.1, -0.05) is 65.3 Å².